The Morgan fingerprint density at radius 1 is 1.43 bits per heavy atom. The van der Waals surface area contributed by atoms with Gasteiger partial charge < -0.3 is 4.74 Å². The average Bonchev–Trinajstić information content (AvgIpc) is 2.17. The highest BCUT2D eigenvalue weighted by Gasteiger charge is 2.06. The van der Waals surface area contributed by atoms with Gasteiger partial charge in [-0.15, -0.1) is 0 Å². The lowest BCUT2D eigenvalue weighted by Crippen LogP contribution is -2.00. The second kappa shape index (κ2) is 5.15. The molecule has 1 rings (SSSR count). The Bertz CT molecular complexity index is 334. The van der Waals surface area contributed by atoms with E-state index < -0.39 is 0 Å². The molecule has 0 unspecified atom stereocenters. The molecule has 3 heteroatoms. The van der Waals surface area contributed by atoms with Crippen LogP contribution in [0.5, 0.6) is 5.75 Å². The highest BCUT2D eigenvalue weighted by Crippen LogP contribution is 2.17. The number of carbonyl (C=O) groups is 1. The van der Waals surface area contributed by atoms with E-state index in [1.165, 1.54) is 0 Å². The van der Waals surface area contributed by atoms with Crippen LogP contribution in [0.25, 0.3) is 0 Å². The summed E-state index contributed by atoms with van der Waals surface area (Å²) in [5, 5.41) is 0.697. The molecule has 0 spiro atoms. The standard InChI is InChI=1S/C11H13BrO2/c1-8-5-9(11(13)3-4-12)7-10(6-8)14-2/h5-7H,3-4H2,1-2H3. The van der Waals surface area contributed by atoms with Crippen molar-refractivity contribution in [2.75, 3.05) is 12.4 Å². The van der Waals surface area contributed by atoms with Crippen LogP contribution in [0.3, 0.4) is 0 Å². The van der Waals surface area contributed by atoms with Crippen molar-refractivity contribution in [2.24, 2.45) is 0 Å². The van der Waals surface area contributed by atoms with E-state index in [2.05, 4.69) is 15.9 Å². The monoisotopic (exact) mass is 256 g/mol. The number of carbonyl (C=O) groups excluding carboxylic acids is 1. The van der Waals surface area contributed by atoms with E-state index in [1.807, 2.05) is 19.1 Å². The first-order valence-electron chi connectivity index (χ1n) is 4.42. The lowest BCUT2D eigenvalue weighted by atomic mass is 10.1. The summed E-state index contributed by atoms with van der Waals surface area (Å²) in [4.78, 5) is 11.6. The smallest absolute Gasteiger partial charge is 0.163 e. The van der Waals surface area contributed by atoms with Crippen molar-refractivity contribution in [1.82, 2.24) is 0 Å². The molecule has 0 amide bonds. The number of ether oxygens (including phenoxy) is 1. The Hall–Kier alpha value is -0.830. The molecular weight excluding hydrogens is 244 g/mol. The van der Waals surface area contributed by atoms with Crippen LogP contribution in [0.2, 0.25) is 0 Å². The molecule has 76 valence electrons. The first kappa shape index (κ1) is 11.2. The van der Waals surface area contributed by atoms with Gasteiger partial charge >= 0.3 is 0 Å². The van der Waals surface area contributed by atoms with Crippen molar-refractivity contribution in [3.05, 3.63) is 29.3 Å². The summed E-state index contributed by atoms with van der Waals surface area (Å²) in [6, 6.07) is 5.57. The number of hydrogen-bond acceptors (Lipinski definition) is 2. The second-order valence-corrected chi connectivity index (χ2v) is 3.89. The van der Waals surface area contributed by atoms with E-state index in [0.717, 1.165) is 16.9 Å². The molecule has 0 fully saturated rings. The van der Waals surface area contributed by atoms with Crippen LogP contribution in [0, 0.1) is 6.92 Å². The molecule has 0 bridgehead atoms. The van der Waals surface area contributed by atoms with Crippen molar-refractivity contribution in [2.45, 2.75) is 13.3 Å². The molecule has 0 aliphatic carbocycles. The van der Waals surface area contributed by atoms with Gasteiger partial charge in [0, 0.05) is 17.3 Å². The number of methoxy groups -OCH3 is 1. The van der Waals surface area contributed by atoms with E-state index in [4.69, 9.17) is 4.74 Å². The van der Waals surface area contributed by atoms with E-state index in [1.54, 1.807) is 13.2 Å². The quantitative estimate of drug-likeness (QED) is 0.612. The number of benzene rings is 1. The Morgan fingerprint density at radius 3 is 2.71 bits per heavy atom. The lowest BCUT2D eigenvalue weighted by molar-refractivity contribution is 0.0989. The summed E-state index contributed by atoms with van der Waals surface area (Å²) in [5.74, 6) is 0.881. The fraction of sp³-hybridized carbons (Fsp3) is 0.364. The molecule has 0 aliphatic rings. The van der Waals surface area contributed by atoms with Crippen LogP contribution in [-0.2, 0) is 0 Å². The van der Waals surface area contributed by atoms with Crippen LogP contribution in [-0.4, -0.2) is 18.2 Å². The number of rotatable bonds is 4. The normalized spacial score (nSPS) is 9.93. The number of Topliss-reactive ketones (excluding diaryl/α,β-unsaturated/α-hetero) is 1. The van der Waals surface area contributed by atoms with Gasteiger partial charge in [-0.2, -0.15) is 0 Å². The van der Waals surface area contributed by atoms with Crippen molar-refractivity contribution in [3.8, 4) is 5.75 Å². The predicted octanol–water partition coefficient (Wildman–Crippen LogP) is 2.97. The minimum absolute atomic E-state index is 0.142. The maximum absolute atomic E-state index is 11.6. The first-order valence-corrected chi connectivity index (χ1v) is 5.54. The summed E-state index contributed by atoms with van der Waals surface area (Å²) >= 11 is 3.25. The fourth-order valence-corrected chi connectivity index (χ4v) is 1.62. The highest BCUT2D eigenvalue weighted by atomic mass is 79.9. The molecule has 0 aromatic heterocycles. The van der Waals surface area contributed by atoms with Gasteiger partial charge in [0.15, 0.2) is 5.78 Å². The molecule has 0 heterocycles. The average molecular weight is 257 g/mol. The van der Waals surface area contributed by atoms with Crippen molar-refractivity contribution < 1.29 is 9.53 Å². The summed E-state index contributed by atoms with van der Waals surface area (Å²) in [6.07, 6.45) is 0.520. The molecule has 1 aromatic rings. The van der Waals surface area contributed by atoms with E-state index in [0.29, 0.717) is 11.8 Å². The zero-order chi connectivity index (χ0) is 10.6. The topological polar surface area (TPSA) is 26.3 Å². The minimum atomic E-state index is 0.142. The molecular formula is C11H13BrO2. The molecule has 14 heavy (non-hydrogen) atoms. The summed E-state index contributed by atoms with van der Waals surface area (Å²) in [5.41, 5.74) is 1.77. The lowest BCUT2D eigenvalue weighted by Gasteiger charge is -2.05. The maximum Gasteiger partial charge on any atom is 0.163 e. The number of ketones is 1. The summed E-state index contributed by atoms with van der Waals surface area (Å²) in [7, 11) is 1.60. The summed E-state index contributed by atoms with van der Waals surface area (Å²) in [6.45, 7) is 1.95. The Morgan fingerprint density at radius 2 is 2.14 bits per heavy atom. The SMILES string of the molecule is COc1cc(C)cc(C(=O)CCBr)c1. The third-order valence-electron chi connectivity index (χ3n) is 1.93. The van der Waals surface area contributed by atoms with Crippen LogP contribution < -0.4 is 4.74 Å². The van der Waals surface area contributed by atoms with Gasteiger partial charge in [-0.1, -0.05) is 15.9 Å². The van der Waals surface area contributed by atoms with Crippen molar-refractivity contribution in [1.29, 1.82) is 0 Å². The molecule has 0 radical (unpaired) electrons. The number of alkyl halides is 1. The molecule has 0 saturated heterocycles. The minimum Gasteiger partial charge on any atom is -0.497 e. The number of hydrogen-bond donors (Lipinski definition) is 0. The molecule has 0 saturated carbocycles. The molecule has 0 atom stereocenters. The van der Waals surface area contributed by atoms with E-state index in [-0.39, 0.29) is 5.78 Å². The van der Waals surface area contributed by atoms with Crippen LogP contribution in [0.1, 0.15) is 22.3 Å². The van der Waals surface area contributed by atoms with E-state index >= 15 is 0 Å². The van der Waals surface area contributed by atoms with Crippen LogP contribution >= 0.6 is 15.9 Å². The zero-order valence-electron chi connectivity index (χ0n) is 8.34. The molecule has 0 aliphatic heterocycles. The Labute approximate surface area is 92.4 Å². The predicted molar refractivity (Wildman–Crippen MR) is 60.5 cm³/mol. The first-order chi connectivity index (χ1) is 6.67. The summed E-state index contributed by atoms with van der Waals surface area (Å²) < 4.78 is 5.10. The zero-order valence-corrected chi connectivity index (χ0v) is 9.93. The van der Waals surface area contributed by atoms with Crippen LogP contribution in [0.4, 0.5) is 0 Å². The van der Waals surface area contributed by atoms with Gasteiger partial charge in [-0.25, -0.2) is 0 Å². The van der Waals surface area contributed by atoms with Gasteiger partial charge in [0.2, 0.25) is 0 Å². The highest BCUT2D eigenvalue weighted by molar-refractivity contribution is 9.09. The van der Waals surface area contributed by atoms with Gasteiger partial charge in [0.05, 0.1) is 7.11 Å². The van der Waals surface area contributed by atoms with E-state index in [9.17, 15) is 4.79 Å². The van der Waals surface area contributed by atoms with Crippen molar-refractivity contribution in [3.63, 3.8) is 0 Å². The number of halogens is 1. The molecule has 2 nitrogen and oxygen atoms in total. The fourth-order valence-electron chi connectivity index (χ4n) is 1.26. The van der Waals surface area contributed by atoms with Crippen molar-refractivity contribution >= 4 is 21.7 Å². The van der Waals surface area contributed by atoms with Gasteiger partial charge in [-0.05, 0) is 30.7 Å². The van der Waals surface area contributed by atoms with Crippen LogP contribution in [0.15, 0.2) is 18.2 Å². The third-order valence-corrected chi connectivity index (χ3v) is 2.33. The van der Waals surface area contributed by atoms with Gasteiger partial charge in [0.1, 0.15) is 5.75 Å². The Kier molecular flexibility index (Phi) is 4.14. The molecule has 1 aromatic carbocycles. The third kappa shape index (κ3) is 2.84. The van der Waals surface area contributed by atoms with Gasteiger partial charge in [0.25, 0.3) is 0 Å². The largest absolute Gasteiger partial charge is 0.497 e. The maximum atomic E-state index is 11.6. The molecule has 0 N–H and O–H groups in total. The second-order valence-electron chi connectivity index (χ2n) is 3.10. The number of aryl methyl sites for hydroxylation is 1. The Balaban J connectivity index is 2.96. The van der Waals surface area contributed by atoms with Gasteiger partial charge in [-0.3, -0.25) is 4.79 Å².